The predicted molar refractivity (Wildman–Crippen MR) is 53.8 cm³/mol. The first-order chi connectivity index (χ1) is 5.45. The molecular weight excluding hydrogens is 144 g/mol. The van der Waals surface area contributed by atoms with Gasteiger partial charge in [0, 0.05) is 0 Å². The van der Waals surface area contributed by atoms with Crippen molar-refractivity contribution in [2.45, 2.75) is 47.5 Å². The van der Waals surface area contributed by atoms with Crippen molar-refractivity contribution in [3.05, 3.63) is 6.42 Å². The summed E-state index contributed by atoms with van der Waals surface area (Å²) < 4.78 is 0. The molecule has 0 heterocycles. The van der Waals surface area contributed by atoms with E-state index >= 15 is 0 Å². The van der Waals surface area contributed by atoms with Crippen LogP contribution in [0.5, 0.6) is 0 Å². The summed E-state index contributed by atoms with van der Waals surface area (Å²) in [5, 5.41) is 0. The van der Waals surface area contributed by atoms with Gasteiger partial charge in [-0.25, -0.2) is 0 Å². The average molecular weight is 166 g/mol. The van der Waals surface area contributed by atoms with Gasteiger partial charge in [0.2, 0.25) is 0 Å². The third-order valence-electron chi connectivity index (χ3n) is 3.70. The van der Waals surface area contributed by atoms with Gasteiger partial charge in [0.05, 0.1) is 0 Å². The van der Waals surface area contributed by atoms with Crippen LogP contribution in [0.2, 0.25) is 0 Å². The number of hydrogen-bond donors (Lipinski definition) is 0. The second-order valence-electron chi connectivity index (χ2n) is 5.13. The molecule has 0 saturated heterocycles. The molecule has 0 bridgehead atoms. The van der Waals surface area contributed by atoms with Crippen molar-refractivity contribution in [1.29, 1.82) is 0 Å². The van der Waals surface area contributed by atoms with E-state index in [4.69, 9.17) is 0 Å². The maximum Gasteiger partial charge on any atom is -0.0109 e. The Morgan fingerprint density at radius 3 is 2.33 bits per heavy atom. The summed E-state index contributed by atoms with van der Waals surface area (Å²) in [5.74, 6) is 2.54. The van der Waals surface area contributed by atoms with Crippen molar-refractivity contribution >= 4 is 0 Å². The Bertz CT molecular complexity index is 144. The molecular formula is C12H22. The molecule has 0 aliphatic heterocycles. The highest BCUT2D eigenvalue weighted by Crippen LogP contribution is 2.45. The lowest BCUT2D eigenvalue weighted by Crippen LogP contribution is -2.35. The van der Waals surface area contributed by atoms with Gasteiger partial charge in [0.25, 0.3) is 0 Å². The summed E-state index contributed by atoms with van der Waals surface area (Å²) in [6.45, 7) is 11.7. The molecule has 1 fully saturated rings. The molecule has 2 atom stereocenters. The minimum Gasteiger partial charge on any atom is -0.0625 e. The summed E-state index contributed by atoms with van der Waals surface area (Å²) in [7, 11) is 0. The predicted octanol–water partition coefficient (Wildman–Crippen LogP) is 3.80. The van der Waals surface area contributed by atoms with E-state index in [1.165, 1.54) is 12.8 Å². The van der Waals surface area contributed by atoms with Gasteiger partial charge >= 0.3 is 0 Å². The van der Waals surface area contributed by atoms with Gasteiger partial charge in [-0.05, 0) is 42.4 Å². The molecule has 0 N–H and O–H groups in total. The summed E-state index contributed by atoms with van der Waals surface area (Å²) in [6, 6.07) is 0. The van der Waals surface area contributed by atoms with Crippen molar-refractivity contribution in [2.24, 2.45) is 23.2 Å². The lowest BCUT2D eigenvalue weighted by Gasteiger charge is -2.43. The molecule has 1 aliphatic carbocycles. The van der Waals surface area contributed by atoms with Crippen LogP contribution in [-0.4, -0.2) is 0 Å². The quantitative estimate of drug-likeness (QED) is 0.556. The Balaban J connectivity index is 2.66. The van der Waals surface area contributed by atoms with E-state index in [1.54, 1.807) is 0 Å². The average Bonchev–Trinajstić information content (AvgIpc) is 1.94. The topological polar surface area (TPSA) is 0 Å². The zero-order valence-electron chi connectivity index (χ0n) is 9.15. The molecule has 0 aromatic rings. The lowest BCUT2D eigenvalue weighted by molar-refractivity contribution is 0.106. The molecule has 0 amide bonds. The molecule has 1 saturated carbocycles. The van der Waals surface area contributed by atoms with Crippen LogP contribution in [0, 0.1) is 29.6 Å². The van der Waals surface area contributed by atoms with Gasteiger partial charge in [0.15, 0.2) is 0 Å². The van der Waals surface area contributed by atoms with E-state index in [-0.39, 0.29) is 0 Å². The third-order valence-corrected chi connectivity index (χ3v) is 3.70. The first-order valence-electron chi connectivity index (χ1n) is 5.20. The van der Waals surface area contributed by atoms with E-state index in [0.29, 0.717) is 5.41 Å². The second kappa shape index (κ2) is 3.40. The first-order valence-corrected chi connectivity index (χ1v) is 5.20. The monoisotopic (exact) mass is 166 g/mol. The van der Waals surface area contributed by atoms with Gasteiger partial charge in [-0.2, -0.15) is 0 Å². The fourth-order valence-corrected chi connectivity index (χ4v) is 2.42. The molecule has 0 spiro atoms. The summed E-state index contributed by atoms with van der Waals surface area (Å²) in [4.78, 5) is 0. The van der Waals surface area contributed by atoms with E-state index in [1.807, 2.05) is 0 Å². The molecule has 0 aromatic carbocycles. The van der Waals surface area contributed by atoms with Gasteiger partial charge in [-0.15, -0.1) is 0 Å². The summed E-state index contributed by atoms with van der Waals surface area (Å²) >= 11 is 0. The van der Waals surface area contributed by atoms with Crippen molar-refractivity contribution < 1.29 is 0 Å². The van der Waals surface area contributed by atoms with Crippen LogP contribution in [0.3, 0.4) is 0 Å². The number of hydrogen-bond acceptors (Lipinski definition) is 0. The molecule has 0 nitrogen and oxygen atoms in total. The van der Waals surface area contributed by atoms with Gasteiger partial charge in [-0.1, -0.05) is 34.6 Å². The molecule has 1 aliphatic rings. The Labute approximate surface area is 77.7 Å². The van der Waals surface area contributed by atoms with E-state index in [0.717, 1.165) is 17.8 Å². The molecule has 0 heteroatoms. The van der Waals surface area contributed by atoms with Crippen molar-refractivity contribution in [3.8, 4) is 0 Å². The highest BCUT2D eigenvalue weighted by molar-refractivity contribution is 4.96. The van der Waals surface area contributed by atoms with Crippen molar-refractivity contribution in [3.63, 3.8) is 0 Å². The van der Waals surface area contributed by atoms with E-state index < -0.39 is 0 Å². The maximum atomic E-state index is 3.59. The standard InChI is InChI=1S/C12H22/c1-9(2)11-7-6-8-12(4,5)10(11)3/h9-11H,6-7H2,1-5H3. The fourth-order valence-electron chi connectivity index (χ4n) is 2.42. The third kappa shape index (κ3) is 1.84. The minimum absolute atomic E-state index is 0.340. The highest BCUT2D eigenvalue weighted by Gasteiger charge is 2.37. The van der Waals surface area contributed by atoms with Crippen LogP contribution in [-0.2, 0) is 0 Å². The smallest absolute Gasteiger partial charge is 0.0109 e. The zero-order valence-corrected chi connectivity index (χ0v) is 9.15. The van der Waals surface area contributed by atoms with Gasteiger partial charge in [-0.3, -0.25) is 0 Å². The fraction of sp³-hybridized carbons (Fsp3) is 0.917. The van der Waals surface area contributed by atoms with Crippen molar-refractivity contribution in [2.75, 3.05) is 0 Å². The van der Waals surface area contributed by atoms with E-state index in [2.05, 4.69) is 41.0 Å². The Hall–Kier alpha value is 0. The molecule has 0 aromatic heterocycles. The summed E-state index contributed by atoms with van der Waals surface area (Å²) in [6.07, 6.45) is 6.14. The van der Waals surface area contributed by atoms with Gasteiger partial charge in [0.1, 0.15) is 0 Å². The van der Waals surface area contributed by atoms with Gasteiger partial charge < -0.3 is 0 Å². The molecule has 70 valence electrons. The van der Waals surface area contributed by atoms with Crippen LogP contribution < -0.4 is 0 Å². The Morgan fingerprint density at radius 2 is 1.92 bits per heavy atom. The van der Waals surface area contributed by atoms with Crippen LogP contribution in [0.4, 0.5) is 0 Å². The molecule has 2 radical (unpaired) electrons. The zero-order chi connectivity index (χ0) is 9.35. The summed E-state index contributed by atoms with van der Waals surface area (Å²) in [5.41, 5.74) is 0.340. The maximum absolute atomic E-state index is 3.59. The molecule has 12 heavy (non-hydrogen) atoms. The van der Waals surface area contributed by atoms with E-state index in [9.17, 15) is 0 Å². The first kappa shape index (κ1) is 10.1. The number of rotatable bonds is 1. The highest BCUT2D eigenvalue weighted by atomic mass is 14.4. The van der Waals surface area contributed by atoms with Crippen molar-refractivity contribution in [1.82, 2.24) is 0 Å². The Morgan fingerprint density at radius 1 is 1.33 bits per heavy atom. The van der Waals surface area contributed by atoms with Crippen LogP contribution >= 0.6 is 0 Å². The minimum atomic E-state index is 0.340. The Kier molecular flexibility index (Phi) is 2.85. The van der Waals surface area contributed by atoms with Crippen LogP contribution in [0.1, 0.15) is 47.5 Å². The van der Waals surface area contributed by atoms with Crippen LogP contribution in [0.25, 0.3) is 0 Å². The molecule has 1 rings (SSSR count). The second-order valence-corrected chi connectivity index (χ2v) is 5.13. The van der Waals surface area contributed by atoms with Crippen LogP contribution in [0.15, 0.2) is 0 Å². The lowest BCUT2D eigenvalue weighted by atomic mass is 9.62. The normalized spacial score (nSPS) is 35.5. The molecule has 2 unspecified atom stereocenters. The SMILES string of the molecule is CC(C)C1CC[C]C(C)(C)C1C. The largest absolute Gasteiger partial charge is 0.0625 e.